The van der Waals surface area contributed by atoms with Gasteiger partial charge < -0.3 is 10.6 Å². The number of benzene rings is 2. The Kier molecular flexibility index (Phi) is 7.19. The number of aryl methyl sites for hydroxylation is 2. The highest BCUT2D eigenvalue weighted by Gasteiger charge is 2.27. The van der Waals surface area contributed by atoms with E-state index in [2.05, 4.69) is 47.8 Å². The molecule has 0 bridgehead atoms. The molecular weight excluding hydrogens is 419 g/mol. The third-order valence-corrected chi connectivity index (χ3v) is 5.81. The highest BCUT2D eigenvalue weighted by molar-refractivity contribution is 6.33. The van der Waals surface area contributed by atoms with Crippen LogP contribution in [0, 0.1) is 13.8 Å². The summed E-state index contributed by atoms with van der Waals surface area (Å²) in [4.78, 5) is 13.2. The van der Waals surface area contributed by atoms with Crippen molar-refractivity contribution in [2.45, 2.75) is 32.6 Å². The second-order valence-corrected chi connectivity index (χ2v) is 8.01. The summed E-state index contributed by atoms with van der Waals surface area (Å²) in [5.41, 5.74) is 5.55. The molecule has 0 spiro atoms. The summed E-state index contributed by atoms with van der Waals surface area (Å²) in [6.45, 7) is 6.04. The summed E-state index contributed by atoms with van der Waals surface area (Å²) in [5.74, 6) is 0.0918. The first-order valence-corrected chi connectivity index (χ1v) is 10.3. The molecule has 30 heavy (non-hydrogen) atoms. The predicted molar refractivity (Wildman–Crippen MR) is 125 cm³/mol. The Balaban J connectivity index is 0.00000256. The van der Waals surface area contributed by atoms with Crippen molar-refractivity contribution in [3.63, 3.8) is 0 Å². The maximum absolute atomic E-state index is 13.2. The van der Waals surface area contributed by atoms with Crippen molar-refractivity contribution in [3.8, 4) is 5.69 Å². The lowest BCUT2D eigenvalue weighted by Gasteiger charge is -2.25. The molecule has 3 aromatic rings. The standard InChI is InChI=1S/C23H25ClN4O.ClH/c1-15-7-8-21(16(2)13-15)28-22(17-9-11-25-12-10-17)18(14-26-28)23(29)27-20-6-4-3-5-19(20)24;/h3-8,13-14,17,25H,9-12H2,1-2H3,(H,27,29);1H. The minimum absolute atomic E-state index is 0. The highest BCUT2D eigenvalue weighted by atomic mass is 35.5. The van der Waals surface area contributed by atoms with Crippen molar-refractivity contribution in [2.75, 3.05) is 18.4 Å². The van der Waals surface area contributed by atoms with E-state index in [-0.39, 0.29) is 24.2 Å². The van der Waals surface area contributed by atoms with Crippen LogP contribution in [0.3, 0.4) is 0 Å². The van der Waals surface area contributed by atoms with Gasteiger partial charge in [0, 0.05) is 5.92 Å². The number of carbonyl (C=O) groups excluding carboxylic acids is 1. The number of carbonyl (C=O) groups is 1. The molecule has 1 aliphatic rings. The van der Waals surface area contributed by atoms with Gasteiger partial charge >= 0.3 is 0 Å². The number of para-hydroxylation sites is 1. The molecule has 0 radical (unpaired) electrons. The van der Waals surface area contributed by atoms with Gasteiger partial charge in [-0.15, -0.1) is 12.4 Å². The van der Waals surface area contributed by atoms with Gasteiger partial charge in [0.15, 0.2) is 0 Å². The molecule has 0 aliphatic carbocycles. The first kappa shape index (κ1) is 22.3. The number of halogens is 2. The fourth-order valence-corrected chi connectivity index (χ4v) is 4.19. The zero-order valence-corrected chi connectivity index (χ0v) is 18.7. The number of nitrogens with one attached hydrogen (secondary N) is 2. The van der Waals surface area contributed by atoms with Gasteiger partial charge in [-0.1, -0.05) is 41.4 Å². The van der Waals surface area contributed by atoms with Crippen LogP contribution in [0.2, 0.25) is 5.02 Å². The molecule has 0 saturated carbocycles. The molecular formula is C23H26Cl2N4O. The van der Waals surface area contributed by atoms with E-state index in [0.717, 1.165) is 42.9 Å². The van der Waals surface area contributed by atoms with E-state index in [4.69, 9.17) is 11.6 Å². The predicted octanol–water partition coefficient (Wildman–Crippen LogP) is 5.28. The van der Waals surface area contributed by atoms with Crippen LogP contribution in [0.15, 0.2) is 48.7 Å². The van der Waals surface area contributed by atoms with E-state index in [1.54, 1.807) is 18.3 Å². The van der Waals surface area contributed by atoms with Crippen molar-refractivity contribution in [1.29, 1.82) is 0 Å². The number of nitrogens with zero attached hydrogens (tertiary/aromatic N) is 2. The van der Waals surface area contributed by atoms with Crippen molar-refractivity contribution in [2.24, 2.45) is 0 Å². The van der Waals surface area contributed by atoms with E-state index in [1.165, 1.54) is 5.56 Å². The van der Waals surface area contributed by atoms with Crippen molar-refractivity contribution in [1.82, 2.24) is 15.1 Å². The lowest BCUT2D eigenvalue weighted by atomic mass is 9.91. The van der Waals surface area contributed by atoms with Gasteiger partial charge in [0.05, 0.1) is 33.9 Å². The van der Waals surface area contributed by atoms with Crippen LogP contribution in [0.5, 0.6) is 0 Å². The van der Waals surface area contributed by atoms with Gasteiger partial charge in [-0.2, -0.15) is 5.10 Å². The molecule has 1 fully saturated rings. The molecule has 2 N–H and O–H groups in total. The van der Waals surface area contributed by atoms with Gasteiger partial charge in [0.25, 0.3) is 5.91 Å². The molecule has 4 rings (SSSR count). The van der Waals surface area contributed by atoms with Gasteiger partial charge in [-0.25, -0.2) is 4.68 Å². The van der Waals surface area contributed by atoms with Crippen LogP contribution in [0.4, 0.5) is 5.69 Å². The van der Waals surface area contributed by atoms with Crippen LogP contribution < -0.4 is 10.6 Å². The number of amides is 1. The molecule has 5 nitrogen and oxygen atoms in total. The lowest BCUT2D eigenvalue weighted by molar-refractivity contribution is 0.102. The smallest absolute Gasteiger partial charge is 0.259 e. The van der Waals surface area contributed by atoms with Crippen LogP contribution in [-0.2, 0) is 0 Å². The van der Waals surface area contributed by atoms with Crippen LogP contribution in [-0.4, -0.2) is 28.8 Å². The van der Waals surface area contributed by atoms with Crippen LogP contribution in [0.1, 0.15) is 45.9 Å². The molecule has 1 amide bonds. The van der Waals surface area contributed by atoms with Crippen molar-refractivity contribution in [3.05, 3.63) is 76.1 Å². The Morgan fingerprint density at radius 2 is 1.90 bits per heavy atom. The number of piperidine rings is 1. The topological polar surface area (TPSA) is 59.0 Å². The number of hydrogen-bond acceptors (Lipinski definition) is 3. The Bertz CT molecular complexity index is 1040. The monoisotopic (exact) mass is 444 g/mol. The Hall–Kier alpha value is -2.34. The molecule has 158 valence electrons. The summed E-state index contributed by atoms with van der Waals surface area (Å²) in [5, 5.41) is 11.5. The minimum Gasteiger partial charge on any atom is -0.321 e. The largest absolute Gasteiger partial charge is 0.321 e. The third kappa shape index (κ3) is 4.53. The van der Waals surface area contributed by atoms with Crippen molar-refractivity contribution >= 4 is 35.6 Å². The molecule has 1 aliphatic heterocycles. The van der Waals surface area contributed by atoms with E-state index < -0.39 is 0 Å². The number of rotatable bonds is 4. The van der Waals surface area contributed by atoms with E-state index in [9.17, 15) is 4.79 Å². The maximum Gasteiger partial charge on any atom is 0.259 e. The van der Waals surface area contributed by atoms with Gasteiger partial charge in [0.1, 0.15) is 0 Å². The molecule has 0 unspecified atom stereocenters. The molecule has 2 aromatic carbocycles. The summed E-state index contributed by atoms with van der Waals surface area (Å²) >= 11 is 6.24. The fraction of sp³-hybridized carbons (Fsp3) is 0.304. The Labute approximate surface area is 188 Å². The molecule has 0 atom stereocenters. The van der Waals surface area contributed by atoms with E-state index in [0.29, 0.717) is 16.3 Å². The molecule has 2 heterocycles. The Morgan fingerprint density at radius 1 is 1.17 bits per heavy atom. The summed E-state index contributed by atoms with van der Waals surface area (Å²) in [6, 6.07) is 13.6. The van der Waals surface area contributed by atoms with Gasteiger partial charge in [-0.3, -0.25) is 4.79 Å². The van der Waals surface area contributed by atoms with Crippen LogP contribution >= 0.6 is 24.0 Å². The average molecular weight is 445 g/mol. The van der Waals surface area contributed by atoms with E-state index >= 15 is 0 Å². The number of hydrogen-bond donors (Lipinski definition) is 2. The first-order valence-electron chi connectivity index (χ1n) is 9.96. The maximum atomic E-state index is 13.2. The molecule has 1 saturated heterocycles. The van der Waals surface area contributed by atoms with E-state index in [1.807, 2.05) is 16.8 Å². The van der Waals surface area contributed by atoms with Gasteiger partial charge in [0.2, 0.25) is 0 Å². The quantitative estimate of drug-likeness (QED) is 0.574. The van der Waals surface area contributed by atoms with Crippen LogP contribution in [0.25, 0.3) is 5.69 Å². The third-order valence-electron chi connectivity index (χ3n) is 5.48. The van der Waals surface area contributed by atoms with Crippen molar-refractivity contribution < 1.29 is 4.79 Å². The second-order valence-electron chi connectivity index (χ2n) is 7.60. The average Bonchev–Trinajstić information content (AvgIpc) is 3.15. The SMILES string of the molecule is Cc1ccc(-n2ncc(C(=O)Nc3ccccc3Cl)c2C2CCNCC2)c(C)c1.Cl. The minimum atomic E-state index is -0.178. The summed E-state index contributed by atoms with van der Waals surface area (Å²) in [6.07, 6.45) is 3.63. The summed E-state index contributed by atoms with van der Waals surface area (Å²) in [7, 11) is 0. The number of anilines is 1. The summed E-state index contributed by atoms with van der Waals surface area (Å²) < 4.78 is 1.95. The Morgan fingerprint density at radius 3 is 2.60 bits per heavy atom. The number of aromatic nitrogens is 2. The molecule has 7 heteroatoms. The second kappa shape index (κ2) is 9.65. The fourth-order valence-electron chi connectivity index (χ4n) is 4.01. The zero-order chi connectivity index (χ0) is 20.4. The lowest BCUT2D eigenvalue weighted by Crippen LogP contribution is -2.29. The molecule has 1 aromatic heterocycles. The highest BCUT2D eigenvalue weighted by Crippen LogP contribution is 2.32. The normalized spacial score (nSPS) is 14.2. The van der Waals surface area contributed by atoms with Gasteiger partial charge in [-0.05, 0) is 63.5 Å². The first-order chi connectivity index (χ1) is 14.0. The zero-order valence-electron chi connectivity index (χ0n) is 17.1.